The van der Waals surface area contributed by atoms with Crippen LogP contribution in [0.1, 0.15) is 13.8 Å². The molecule has 0 rings (SSSR count). The van der Waals surface area contributed by atoms with Gasteiger partial charge in [0.1, 0.15) is 0 Å². The Kier molecular flexibility index (Phi) is 4.87. The molecule has 0 saturated heterocycles. The van der Waals surface area contributed by atoms with E-state index in [2.05, 4.69) is 10.0 Å². The smallest absolute Gasteiger partial charge is 0.435 e. The average Bonchev–Trinajstić information content (AvgIpc) is 2.13. The van der Waals surface area contributed by atoms with Crippen LogP contribution in [0.4, 0.5) is 4.79 Å². The van der Waals surface area contributed by atoms with Gasteiger partial charge in [0.25, 0.3) is 0 Å². The Hall–Kier alpha value is -1.26. The zero-order chi connectivity index (χ0) is 10.3. The molecular weight excluding hydrogens is 172 g/mol. The Labute approximate surface area is 77.0 Å². The van der Waals surface area contributed by atoms with Crippen molar-refractivity contribution in [3.8, 4) is 0 Å². The van der Waals surface area contributed by atoms with Crippen LogP contribution in [0.2, 0.25) is 0 Å². The summed E-state index contributed by atoms with van der Waals surface area (Å²) in [5.74, 6) is 0. The molecule has 1 amide bonds. The summed E-state index contributed by atoms with van der Waals surface area (Å²) in [6, 6.07) is 0. The van der Waals surface area contributed by atoms with Gasteiger partial charge in [-0.2, -0.15) is 4.79 Å². The molecule has 0 aliphatic carbocycles. The normalized spacial score (nSPS) is 10.6. The van der Waals surface area contributed by atoms with Gasteiger partial charge in [0.05, 0.1) is 26.2 Å². The maximum Gasteiger partial charge on any atom is 0.513 e. The van der Waals surface area contributed by atoms with Gasteiger partial charge < -0.3 is 5.11 Å². The van der Waals surface area contributed by atoms with Crippen molar-refractivity contribution in [3.05, 3.63) is 10.4 Å². The molecule has 1 N–H and O–H groups in total. The monoisotopic (exact) mass is 187 g/mol. The number of likely N-dealkylation sites (N-methyl/N-ethyl adjacent to an activating group) is 1. The number of quaternary nitrogens is 1. The predicted octanol–water partition coefficient (Wildman–Crippen LogP) is 1.83. The van der Waals surface area contributed by atoms with E-state index in [1.165, 1.54) is 0 Å². The third-order valence-electron chi connectivity index (χ3n) is 2.31. The lowest BCUT2D eigenvalue weighted by Gasteiger charge is -2.29. The van der Waals surface area contributed by atoms with Crippen LogP contribution >= 0.6 is 0 Å². The van der Waals surface area contributed by atoms with E-state index in [-0.39, 0.29) is 11.0 Å². The van der Waals surface area contributed by atoms with Gasteiger partial charge in [-0.15, -0.1) is 0 Å². The second-order valence-corrected chi connectivity index (χ2v) is 2.74. The highest BCUT2D eigenvalue weighted by molar-refractivity contribution is 5.56. The van der Waals surface area contributed by atoms with Crippen molar-refractivity contribution in [1.29, 1.82) is 0 Å². The molecule has 0 bridgehead atoms. The predicted molar refractivity (Wildman–Crippen MR) is 48.2 cm³/mol. The van der Waals surface area contributed by atoms with Crippen LogP contribution in [-0.4, -0.2) is 41.9 Å². The summed E-state index contributed by atoms with van der Waals surface area (Å²) >= 11 is 0. The van der Waals surface area contributed by atoms with E-state index in [4.69, 9.17) is 10.6 Å². The standard InChI is InChI=1S/C7H14N4O2/c1-3-11(4-2,7(12)13)6-5-9-10-8/h3-6H2,1-2H3/p+1. The van der Waals surface area contributed by atoms with Gasteiger partial charge in [-0.3, -0.25) is 0 Å². The SMILES string of the molecule is CC[N+](CC)(CCN=[N+]=[N-])C(=O)O. The second-order valence-electron chi connectivity index (χ2n) is 2.74. The lowest BCUT2D eigenvalue weighted by Crippen LogP contribution is -2.53. The number of rotatable bonds is 5. The van der Waals surface area contributed by atoms with E-state index in [9.17, 15) is 4.79 Å². The minimum absolute atomic E-state index is 0.0426. The molecule has 0 radical (unpaired) electrons. The molecule has 0 aromatic rings. The summed E-state index contributed by atoms with van der Waals surface area (Å²) in [6.07, 6.45) is -0.863. The molecule has 6 nitrogen and oxygen atoms in total. The summed E-state index contributed by atoms with van der Waals surface area (Å²) in [7, 11) is 0. The van der Waals surface area contributed by atoms with Crippen LogP contribution in [0.25, 0.3) is 10.4 Å². The van der Waals surface area contributed by atoms with Gasteiger partial charge >= 0.3 is 6.09 Å². The Morgan fingerprint density at radius 2 is 2.08 bits per heavy atom. The van der Waals surface area contributed by atoms with Crippen LogP contribution in [0.3, 0.4) is 0 Å². The van der Waals surface area contributed by atoms with E-state index in [1.54, 1.807) is 0 Å². The third kappa shape index (κ3) is 2.93. The molecule has 0 fully saturated rings. The Morgan fingerprint density at radius 1 is 1.54 bits per heavy atom. The summed E-state index contributed by atoms with van der Waals surface area (Å²) in [4.78, 5) is 13.5. The molecule has 0 heterocycles. The Bertz CT molecular complexity index is 219. The maximum atomic E-state index is 10.9. The van der Waals surface area contributed by atoms with E-state index < -0.39 is 6.09 Å². The van der Waals surface area contributed by atoms with Crippen LogP contribution in [0.15, 0.2) is 5.11 Å². The highest BCUT2D eigenvalue weighted by Crippen LogP contribution is 2.06. The van der Waals surface area contributed by atoms with Gasteiger partial charge in [-0.05, 0) is 19.4 Å². The van der Waals surface area contributed by atoms with Crippen molar-refractivity contribution in [2.24, 2.45) is 5.11 Å². The summed E-state index contributed by atoms with van der Waals surface area (Å²) in [5, 5.41) is 12.3. The number of azide groups is 1. The van der Waals surface area contributed by atoms with Crippen LogP contribution in [0, 0.1) is 0 Å². The topological polar surface area (TPSA) is 86.1 Å². The van der Waals surface area contributed by atoms with Crippen LogP contribution < -0.4 is 0 Å². The number of carbonyl (C=O) groups is 1. The number of hydrogen-bond donors (Lipinski definition) is 1. The van der Waals surface area contributed by atoms with E-state index in [0.717, 1.165) is 0 Å². The zero-order valence-electron chi connectivity index (χ0n) is 7.97. The van der Waals surface area contributed by atoms with E-state index in [0.29, 0.717) is 19.6 Å². The highest BCUT2D eigenvalue weighted by Gasteiger charge is 2.32. The number of hydrogen-bond acceptors (Lipinski definition) is 2. The van der Waals surface area contributed by atoms with Gasteiger partial charge in [0.15, 0.2) is 0 Å². The van der Waals surface area contributed by atoms with Gasteiger partial charge in [0.2, 0.25) is 0 Å². The highest BCUT2D eigenvalue weighted by atomic mass is 16.4. The first kappa shape index (κ1) is 11.7. The minimum Gasteiger partial charge on any atom is -0.435 e. The van der Waals surface area contributed by atoms with E-state index in [1.807, 2.05) is 13.8 Å². The molecule has 0 atom stereocenters. The number of amides is 1. The van der Waals surface area contributed by atoms with Gasteiger partial charge in [-0.25, -0.2) is 4.48 Å². The van der Waals surface area contributed by atoms with Crippen molar-refractivity contribution >= 4 is 6.09 Å². The number of carboxylic acid groups (broad SMARTS) is 1. The first-order valence-electron chi connectivity index (χ1n) is 4.23. The lowest BCUT2D eigenvalue weighted by molar-refractivity contribution is -0.852. The molecule has 0 aliphatic rings. The number of nitrogens with zero attached hydrogens (tertiary/aromatic N) is 4. The lowest BCUT2D eigenvalue weighted by atomic mass is 10.3. The quantitative estimate of drug-likeness (QED) is 0.308. The van der Waals surface area contributed by atoms with Gasteiger partial charge in [0, 0.05) is 4.91 Å². The fraction of sp³-hybridized carbons (Fsp3) is 0.857. The molecule has 0 aliphatic heterocycles. The van der Waals surface area contributed by atoms with Crippen molar-refractivity contribution in [2.45, 2.75) is 13.8 Å². The molecule has 0 aromatic heterocycles. The summed E-state index contributed by atoms with van der Waals surface area (Å²) in [6.45, 7) is 5.22. The second kappa shape index (κ2) is 5.40. The van der Waals surface area contributed by atoms with Crippen LogP contribution in [0.5, 0.6) is 0 Å². The summed E-state index contributed by atoms with van der Waals surface area (Å²) in [5.41, 5.74) is 8.05. The zero-order valence-corrected chi connectivity index (χ0v) is 7.97. The summed E-state index contributed by atoms with van der Waals surface area (Å²) < 4.78 is -0.0426. The minimum atomic E-state index is -0.863. The van der Waals surface area contributed by atoms with Crippen molar-refractivity contribution < 1.29 is 14.4 Å². The maximum absolute atomic E-state index is 10.9. The molecule has 0 aromatic carbocycles. The van der Waals surface area contributed by atoms with Crippen molar-refractivity contribution in [2.75, 3.05) is 26.2 Å². The fourth-order valence-electron chi connectivity index (χ4n) is 1.19. The first-order chi connectivity index (χ1) is 6.13. The van der Waals surface area contributed by atoms with Crippen molar-refractivity contribution in [3.63, 3.8) is 0 Å². The Morgan fingerprint density at radius 3 is 2.38 bits per heavy atom. The molecule has 0 spiro atoms. The van der Waals surface area contributed by atoms with Gasteiger partial charge in [-0.1, -0.05) is 5.11 Å². The fourth-order valence-corrected chi connectivity index (χ4v) is 1.19. The molecule has 6 heteroatoms. The molecule has 13 heavy (non-hydrogen) atoms. The average molecular weight is 187 g/mol. The molecule has 0 unspecified atom stereocenters. The molecular formula is C7H15N4O2+. The van der Waals surface area contributed by atoms with E-state index >= 15 is 0 Å². The largest absolute Gasteiger partial charge is 0.513 e. The van der Waals surface area contributed by atoms with Crippen molar-refractivity contribution in [1.82, 2.24) is 0 Å². The Balaban J connectivity index is 4.38. The molecule has 74 valence electrons. The molecule has 0 saturated carbocycles. The van der Waals surface area contributed by atoms with Crippen LogP contribution in [-0.2, 0) is 0 Å². The first-order valence-corrected chi connectivity index (χ1v) is 4.23. The third-order valence-corrected chi connectivity index (χ3v) is 2.31.